The maximum atomic E-state index is 10.8. The molecule has 0 aliphatic carbocycles. The van der Waals surface area contributed by atoms with Gasteiger partial charge in [-0.3, -0.25) is 0 Å². The molecule has 1 aliphatic heterocycles. The van der Waals surface area contributed by atoms with Gasteiger partial charge in [0.25, 0.3) is 0 Å². The van der Waals surface area contributed by atoms with Crippen molar-refractivity contribution in [1.29, 1.82) is 0 Å². The Morgan fingerprint density at radius 1 is 1.57 bits per heavy atom. The van der Waals surface area contributed by atoms with Gasteiger partial charge < -0.3 is 14.4 Å². The fraction of sp³-hybridized carbons (Fsp3) is 0.143. The highest BCUT2D eigenvalue weighted by Gasteiger charge is 2.41. The van der Waals surface area contributed by atoms with E-state index < -0.39 is 19.4 Å². The molecule has 0 aromatic carbocycles. The van der Waals surface area contributed by atoms with Gasteiger partial charge in [0, 0.05) is 0 Å². The Hall–Kier alpha value is -0.915. The Kier molecular flexibility index (Phi) is 2.53. The first-order chi connectivity index (χ1) is 6.66. The summed E-state index contributed by atoms with van der Waals surface area (Å²) in [7, 11) is -0.921. The highest BCUT2D eigenvalue weighted by molar-refractivity contribution is 9.10. The molecule has 1 saturated heterocycles. The van der Waals surface area contributed by atoms with Crippen molar-refractivity contribution in [3.05, 3.63) is 22.8 Å². The Labute approximate surface area is 88.3 Å². The first kappa shape index (κ1) is 9.63. The van der Waals surface area contributed by atoms with E-state index in [0.717, 1.165) is 0 Å². The van der Waals surface area contributed by atoms with Crippen molar-refractivity contribution < 1.29 is 19.2 Å². The van der Waals surface area contributed by atoms with Crippen molar-refractivity contribution in [2.24, 2.45) is 0 Å². The van der Waals surface area contributed by atoms with Gasteiger partial charge in [-0.25, -0.2) is 9.78 Å². The molecule has 0 bridgehead atoms. The Morgan fingerprint density at radius 2 is 2.36 bits per heavy atom. The van der Waals surface area contributed by atoms with Crippen molar-refractivity contribution in [3.8, 4) is 0 Å². The zero-order valence-electron chi connectivity index (χ0n) is 6.88. The number of aliphatic hydroxyl groups excluding tert-OH is 1. The Morgan fingerprint density at radius 3 is 2.93 bits per heavy atom. The summed E-state index contributed by atoms with van der Waals surface area (Å²) in [4.78, 5) is 14.8. The molecule has 1 unspecified atom stereocenters. The van der Waals surface area contributed by atoms with E-state index >= 15 is 0 Å². The van der Waals surface area contributed by atoms with E-state index in [1.165, 1.54) is 0 Å². The number of hydrogen-bond donors (Lipinski definition) is 1. The molecule has 1 aliphatic rings. The molecule has 7 heteroatoms. The van der Waals surface area contributed by atoms with E-state index in [-0.39, 0.29) is 0 Å². The number of carbonyl (C=O) groups excluding carboxylic acids is 1. The summed E-state index contributed by atoms with van der Waals surface area (Å²) in [5.74, 6) is -0.795. The van der Waals surface area contributed by atoms with Gasteiger partial charge in [-0.1, -0.05) is 6.07 Å². The SMILES string of the molecule is O=C1OB(c2cccc(Br)n2)OC1O. The Bertz CT molecular complexity index is 374. The summed E-state index contributed by atoms with van der Waals surface area (Å²) in [5, 5.41) is 8.96. The van der Waals surface area contributed by atoms with Gasteiger partial charge in [-0.2, -0.15) is 0 Å². The van der Waals surface area contributed by atoms with Crippen LogP contribution in [0.15, 0.2) is 22.8 Å². The number of rotatable bonds is 1. The maximum Gasteiger partial charge on any atom is 0.586 e. The molecule has 1 atom stereocenters. The van der Waals surface area contributed by atoms with Gasteiger partial charge in [0.1, 0.15) is 4.60 Å². The van der Waals surface area contributed by atoms with Gasteiger partial charge in [0.2, 0.25) is 6.29 Å². The number of carbonyl (C=O) groups is 1. The predicted molar refractivity (Wildman–Crippen MR) is 50.5 cm³/mol. The highest BCUT2D eigenvalue weighted by Crippen LogP contribution is 2.08. The standard InChI is InChI=1S/C7H5BBrNO4/c9-5-3-1-2-4(10-5)8-13-6(11)7(12)14-8/h1-3,6,11H. The molecule has 14 heavy (non-hydrogen) atoms. The van der Waals surface area contributed by atoms with Crippen LogP contribution in [0.5, 0.6) is 0 Å². The molecule has 0 radical (unpaired) electrons. The molecular formula is C7H5BBrNO4. The average molecular weight is 258 g/mol. The maximum absolute atomic E-state index is 10.8. The lowest BCUT2D eigenvalue weighted by Crippen LogP contribution is -2.35. The van der Waals surface area contributed by atoms with E-state index in [0.29, 0.717) is 10.2 Å². The van der Waals surface area contributed by atoms with Crippen LogP contribution in [-0.2, 0) is 14.1 Å². The second-order valence-electron chi connectivity index (χ2n) is 2.64. The van der Waals surface area contributed by atoms with Crippen molar-refractivity contribution in [3.63, 3.8) is 0 Å². The quantitative estimate of drug-likeness (QED) is 0.539. The minimum absolute atomic E-state index is 0.435. The molecule has 72 valence electrons. The third-order valence-electron chi connectivity index (χ3n) is 1.66. The van der Waals surface area contributed by atoms with E-state index in [9.17, 15) is 4.79 Å². The molecule has 1 aromatic rings. The van der Waals surface area contributed by atoms with Crippen LogP contribution in [0.25, 0.3) is 0 Å². The second-order valence-corrected chi connectivity index (χ2v) is 3.45. The van der Waals surface area contributed by atoms with E-state index in [1.807, 2.05) is 0 Å². The topological polar surface area (TPSA) is 68.7 Å². The fourth-order valence-electron chi connectivity index (χ4n) is 1.05. The van der Waals surface area contributed by atoms with Crippen molar-refractivity contribution in [2.45, 2.75) is 6.29 Å². The third kappa shape index (κ3) is 1.79. The van der Waals surface area contributed by atoms with Gasteiger partial charge in [-0.15, -0.1) is 0 Å². The molecule has 0 spiro atoms. The lowest BCUT2D eigenvalue weighted by Gasteiger charge is -2.01. The first-order valence-electron chi connectivity index (χ1n) is 3.83. The number of hydrogen-bond acceptors (Lipinski definition) is 5. The number of aliphatic hydroxyl groups is 1. The summed E-state index contributed by atoms with van der Waals surface area (Å²) in [6.45, 7) is 0. The van der Waals surface area contributed by atoms with Crippen LogP contribution in [0, 0.1) is 0 Å². The van der Waals surface area contributed by atoms with Crippen LogP contribution in [0.3, 0.4) is 0 Å². The van der Waals surface area contributed by atoms with Crippen LogP contribution in [0.2, 0.25) is 0 Å². The first-order valence-corrected chi connectivity index (χ1v) is 4.62. The van der Waals surface area contributed by atoms with Crippen LogP contribution >= 0.6 is 15.9 Å². The summed E-state index contributed by atoms with van der Waals surface area (Å²) in [6, 6.07) is 5.10. The normalized spacial score (nSPS) is 21.1. The van der Waals surface area contributed by atoms with E-state index in [1.54, 1.807) is 18.2 Å². The smallest absolute Gasteiger partial charge is 0.501 e. The van der Waals surface area contributed by atoms with Crippen molar-refractivity contribution in [2.75, 3.05) is 0 Å². The molecular weight excluding hydrogens is 253 g/mol. The molecule has 1 aromatic heterocycles. The molecule has 0 amide bonds. The molecule has 0 saturated carbocycles. The number of aromatic nitrogens is 1. The zero-order chi connectivity index (χ0) is 10.1. The van der Waals surface area contributed by atoms with Gasteiger partial charge in [-0.05, 0) is 28.1 Å². The van der Waals surface area contributed by atoms with Crippen LogP contribution < -0.4 is 5.59 Å². The highest BCUT2D eigenvalue weighted by atomic mass is 79.9. The second kappa shape index (κ2) is 3.68. The summed E-state index contributed by atoms with van der Waals surface area (Å²) >= 11 is 3.17. The third-order valence-corrected chi connectivity index (χ3v) is 2.10. The van der Waals surface area contributed by atoms with Crippen LogP contribution in [-0.4, -0.2) is 29.5 Å². The predicted octanol–water partition coefficient (Wildman–Crippen LogP) is -0.569. The van der Waals surface area contributed by atoms with Crippen LogP contribution in [0.4, 0.5) is 0 Å². The lowest BCUT2D eigenvalue weighted by atomic mass is 9.85. The lowest BCUT2D eigenvalue weighted by molar-refractivity contribution is -0.148. The van der Waals surface area contributed by atoms with Gasteiger partial charge in [0.05, 0.1) is 5.59 Å². The van der Waals surface area contributed by atoms with Crippen molar-refractivity contribution >= 4 is 34.6 Å². The summed E-state index contributed by atoms with van der Waals surface area (Å²) in [5.41, 5.74) is 0.435. The van der Waals surface area contributed by atoms with E-state index in [2.05, 4.69) is 20.9 Å². The Balaban J connectivity index is 2.21. The van der Waals surface area contributed by atoms with Gasteiger partial charge in [0.15, 0.2) is 0 Å². The number of halogens is 1. The van der Waals surface area contributed by atoms with Crippen molar-refractivity contribution in [1.82, 2.24) is 4.98 Å². The number of pyridine rings is 1. The summed E-state index contributed by atoms with van der Waals surface area (Å²) < 4.78 is 10.1. The molecule has 2 heterocycles. The minimum atomic E-state index is -1.51. The average Bonchev–Trinajstić information content (AvgIpc) is 2.47. The molecule has 1 fully saturated rings. The van der Waals surface area contributed by atoms with Gasteiger partial charge >= 0.3 is 13.1 Å². The largest absolute Gasteiger partial charge is 0.586 e. The minimum Gasteiger partial charge on any atom is -0.501 e. The zero-order valence-corrected chi connectivity index (χ0v) is 8.47. The number of nitrogens with zero attached hydrogens (tertiary/aromatic N) is 1. The monoisotopic (exact) mass is 257 g/mol. The fourth-order valence-corrected chi connectivity index (χ4v) is 1.41. The molecule has 5 nitrogen and oxygen atoms in total. The van der Waals surface area contributed by atoms with E-state index in [4.69, 9.17) is 14.4 Å². The molecule has 2 rings (SSSR count). The van der Waals surface area contributed by atoms with Crippen LogP contribution in [0.1, 0.15) is 0 Å². The summed E-state index contributed by atoms with van der Waals surface area (Å²) in [6.07, 6.45) is -1.51. The molecule has 1 N–H and O–H groups in total.